The number of methoxy groups -OCH3 is 1. The smallest absolute Gasteiger partial charge is 0.255 e. The van der Waals surface area contributed by atoms with Gasteiger partial charge in [-0.1, -0.05) is 26.0 Å². The predicted octanol–water partition coefficient (Wildman–Crippen LogP) is 2.85. The number of nitrogens with zero attached hydrogens (tertiary/aromatic N) is 1. The third kappa shape index (κ3) is 4.73. The monoisotopic (exact) mass is 332 g/mol. The first kappa shape index (κ1) is 18.3. The van der Waals surface area contributed by atoms with Crippen LogP contribution in [0.15, 0.2) is 24.3 Å². The van der Waals surface area contributed by atoms with E-state index in [4.69, 9.17) is 4.74 Å². The molecule has 1 aliphatic heterocycles. The summed E-state index contributed by atoms with van der Waals surface area (Å²) in [5.41, 5.74) is 0.459. The second-order valence-electron chi connectivity index (χ2n) is 6.74. The first-order valence-corrected chi connectivity index (χ1v) is 8.75. The molecule has 1 saturated heterocycles. The van der Waals surface area contributed by atoms with E-state index in [-0.39, 0.29) is 11.8 Å². The third-order valence-electron chi connectivity index (χ3n) is 4.33. The summed E-state index contributed by atoms with van der Waals surface area (Å²) in [4.78, 5) is 27.4. The Bertz CT molecular complexity index is 565. The summed E-state index contributed by atoms with van der Waals surface area (Å²) in [5.74, 6) is 0.612. The summed E-state index contributed by atoms with van der Waals surface area (Å²) in [7, 11) is 1.54. The van der Waals surface area contributed by atoms with Gasteiger partial charge in [0.25, 0.3) is 5.91 Å². The fraction of sp³-hybridized carbons (Fsp3) is 0.579. The van der Waals surface area contributed by atoms with Gasteiger partial charge < -0.3 is 15.0 Å². The van der Waals surface area contributed by atoms with Crippen LogP contribution in [-0.4, -0.2) is 43.0 Å². The van der Waals surface area contributed by atoms with Crippen LogP contribution in [0.3, 0.4) is 0 Å². The molecule has 1 atom stereocenters. The van der Waals surface area contributed by atoms with Crippen molar-refractivity contribution in [3.63, 3.8) is 0 Å². The van der Waals surface area contributed by atoms with E-state index in [1.54, 1.807) is 18.2 Å². The Balaban J connectivity index is 2.12. The fourth-order valence-corrected chi connectivity index (χ4v) is 3.10. The maximum atomic E-state index is 12.8. The van der Waals surface area contributed by atoms with Crippen LogP contribution in [0.5, 0.6) is 5.75 Å². The number of benzene rings is 1. The van der Waals surface area contributed by atoms with E-state index in [0.717, 1.165) is 25.9 Å². The molecule has 0 spiro atoms. The lowest BCUT2D eigenvalue weighted by atomic mass is 10.0. The fourth-order valence-electron chi connectivity index (χ4n) is 3.10. The van der Waals surface area contributed by atoms with E-state index >= 15 is 0 Å². The molecule has 0 aromatic heterocycles. The molecule has 24 heavy (non-hydrogen) atoms. The standard InChI is InChI=1S/C19H28N2O3/c1-14(2)13-16(19(23)21-11-7-4-8-12-21)20-18(22)15-9-5-6-10-17(15)24-3/h5-6,9-10,14,16H,4,7-8,11-13H2,1-3H3,(H,20,22)/t16-/m0/s1. The average molecular weight is 332 g/mol. The molecule has 0 aliphatic carbocycles. The summed E-state index contributed by atoms with van der Waals surface area (Å²) >= 11 is 0. The number of nitrogens with one attached hydrogen (secondary N) is 1. The highest BCUT2D eigenvalue weighted by atomic mass is 16.5. The maximum absolute atomic E-state index is 12.8. The number of carbonyl (C=O) groups is 2. The van der Waals surface area contributed by atoms with Gasteiger partial charge in [-0.3, -0.25) is 9.59 Å². The van der Waals surface area contributed by atoms with Crippen molar-refractivity contribution in [1.82, 2.24) is 10.2 Å². The summed E-state index contributed by atoms with van der Waals surface area (Å²) < 4.78 is 5.25. The Morgan fingerprint density at radius 3 is 2.46 bits per heavy atom. The van der Waals surface area contributed by atoms with Crippen molar-refractivity contribution in [1.29, 1.82) is 0 Å². The van der Waals surface area contributed by atoms with Crippen molar-refractivity contribution in [2.45, 2.75) is 45.6 Å². The molecule has 1 N–H and O–H groups in total. The maximum Gasteiger partial charge on any atom is 0.255 e. The molecule has 1 aromatic carbocycles. The summed E-state index contributed by atoms with van der Waals surface area (Å²) in [5, 5.41) is 2.93. The molecule has 132 valence electrons. The minimum Gasteiger partial charge on any atom is -0.496 e. The largest absolute Gasteiger partial charge is 0.496 e. The zero-order chi connectivity index (χ0) is 17.5. The zero-order valence-electron chi connectivity index (χ0n) is 14.9. The number of piperidine rings is 1. The molecule has 1 aromatic rings. The van der Waals surface area contributed by atoms with Crippen LogP contribution in [0.25, 0.3) is 0 Å². The summed E-state index contributed by atoms with van der Waals surface area (Å²) in [6, 6.07) is 6.59. The molecular formula is C19H28N2O3. The van der Waals surface area contributed by atoms with Crippen molar-refractivity contribution in [3.05, 3.63) is 29.8 Å². The Morgan fingerprint density at radius 2 is 1.83 bits per heavy atom. The van der Waals surface area contributed by atoms with Gasteiger partial charge in [0.05, 0.1) is 12.7 Å². The van der Waals surface area contributed by atoms with Gasteiger partial charge in [-0.05, 0) is 43.7 Å². The van der Waals surface area contributed by atoms with E-state index < -0.39 is 6.04 Å². The van der Waals surface area contributed by atoms with Gasteiger partial charge in [0.1, 0.15) is 11.8 Å². The highest BCUT2D eigenvalue weighted by molar-refractivity contribution is 5.99. The molecule has 1 fully saturated rings. The summed E-state index contributed by atoms with van der Waals surface area (Å²) in [6.45, 7) is 5.70. The van der Waals surface area contributed by atoms with Crippen molar-refractivity contribution < 1.29 is 14.3 Å². The zero-order valence-corrected chi connectivity index (χ0v) is 14.9. The topological polar surface area (TPSA) is 58.6 Å². The minimum atomic E-state index is -0.486. The lowest BCUT2D eigenvalue weighted by Crippen LogP contribution is -2.50. The number of rotatable bonds is 6. The number of hydrogen-bond donors (Lipinski definition) is 1. The van der Waals surface area contributed by atoms with Gasteiger partial charge in [0.2, 0.25) is 5.91 Å². The van der Waals surface area contributed by atoms with Crippen molar-refractivity contribution in [3.8, 4) is 5.75 Å². The number of para-hydroxylation sites is 1. The van der Waals surface area contributed by atoms with Crippen LogP contribution in [0.2, 0.25) is 0 Å². The van der Waals surface area contributed by atoms with Gasteiger partial charge in [0.15, 0.2) is 0 Å². The molecule has 0 bridgehead atoms. The van der Waals surface area contributed by atoms with E-state index in [1.807, 2.05) is 11.0 Å². The normalized spacial score (nSPS) is 15.9. The average Bonchev–Trinajstić information content (AvgIpc) is 2.60. The van der Waals surface area contributed by atoms with E-state index in [0.29, 0.717) is 23.7 Å². The molecule has 0 saturated carbocycles. The Labute approximate surface area is 144 Å². The minimum absolute atomic E-state index is 0.0339. The van der Waals surface area contributed by atoms with Gasteiger partial charge in [-0.15, -0.1) is 0 Å². The number of likely N-dealkylation sites (tertiary alicyclic amines) is 1. The molecule has 1 aliphatic rings. The van der Waals surface area contributed by atoms with Gasteiger partial charge in [-0.2, -0.15) is 0 Å². The molecule has 5 nitrogen and oxygen atoms in total. The first-order chi connectivity index (χ1) is 11.5. The molecular weight excluding hydrogens is 304 g/mol. The van der Waals surface area contributed by atoms with Crippen LogP contribution < -0.4 is 10.1 Å². The SMILES string of the molecule is COc1ccccc1C(=O)N[C@@H](CC(C)C)C(=O)N1CCCCC1. The van der Waals surface area contributed by atoms with Crippen molar-refractivity contribution in [2.75, 3.05) is 20.2 Å². The van der Waals surface area contributed by atoms with Crippen LogP contribution in [0, 0.1) is 5.92 Å². The number of amides is 2. The molecule has 5 heteroatoms. The molecule has 2 rings (SSSR count). The lowest BCUT2D eigenvalue weighted by Gasteiger charge is -2.31. The highest BCUT2D eigenvalue weighted by Gasteiger charge is 2.28. The second kappa shape index (κ2) is 8.71. The van der Waals surface area contributed by atoms with Crippen LogP contribution in [0.1, 0.15) is 49.9 Å². The Kier molecular flexibility index (Phi) is 6.64. The van der Waals surface area contributed by atoms with Crippen molar-refractivity contribution >= 4 is 11.8 Å². The number of carbonyl (C=O) groups excluding carboxylic acids is 2. The molecule has 2 amide bonds. The number of ether oxygens (including phenoxy) is 1. The van der Waals surface area contributed by atoms with Crippen LogP contribution in [0.4, 0.5) is 0 Å². The van der Waals surface area contributed by atoms with E-state index in [9.17, 15) is 9.59 Å². The highest BCUT2D eigenvalue weighted by Crippen LogP contribution is 2.19. The first-order valence-electron chi connectivity index (χ1n) is 8.75. The van der Waals surface area contributed by atoms with E-state index in [1.165, 1.54) is 13.5 Å². The molecule has 1 heterocycles. The second-order valence-corrected chi connectivity index (χ2v) is 6.74. The van der Waals surface area contributed by atoms with Gasteiger partial charge in [0, 0.05) is 13.1 Å². The number of hydrogen-bond acceptors (Lipinski definition) is 3. The Hall–Kier alpha value is -2.04. The van der Waals surface area contributed by atoms with E-state index in [2.05, 4.69) is 19.2 Å². The summed E-state index contributed by atoms with van der Waals surface area (Å²) in [6.07, 6.45) is 3.89. The lowest BCUT2D eigenvalue weighted by molar-refractivity contribution is -0.134. The molecule has 0 unspecified atom stereocenters. The van der Waals surface area contributed by atoms with Crippen LogP contribution >= 0.6 is 0 Å². The quantitative estimate of drug-likeness (QED) is 0.871. The molecule has 0 radical (unpaired) electrons. The Morgan fingerprint density at radius 1 is 1.17 bits per heavy atom. The third-order valence-corrected chi connectivity index (χ3v) is 4.33. The van der Waals surface area contributed by atoms with Crippen molar-refractivity contribution in [2.24, 2.45) is 5.92 Å². The predicted molar refractivity (Wildman–Crippen MR) is 94.1 cm³/mol. The van der Waals surface area contributed by atoms with Crippen LogP contribution in [-0.2, 0) is 4.79 Å². The van der Waals surface area contributed by atoms with Gasteiger partial charge >= 0.3 is 0 Å². The van der Waals surface area contributed by atoms with Gasteiger partial charge in [-0.25, -0.2) is 0 Å².